The van der Waals surface area contributed by atoms with Gasteiger partial charge in [-0.3, -0.25) is 18.8 Å². The average Bonchev–Trinajstić information content (AvgIpc) is 2.55. The molecule has 0 radical (unpaired) electrons. The van der Waals surface area contributed by atoms with E-state index < -0.39 is 0 Å². The fraction of sp³-hybridized carbons (Fsp3) is 0.412. The zero-order valence-corrected chi connectivity index (χ0v) is 13.9. The first kappa shape index (κ1) is 17.1. The topological polar surface area (TPSA) is 47.2 Å². The van der Waals surface area contributed by atoms with Gasteiger partial charge in [0.25, 0.3) is 5.56 Å². The molecule has 0 saturated heterocycles. The second kappa shape index (κ2) is 6.91. The number of hydrogen-bond donors (Lipinski definition) is 0. The quantitative estimate of drug-likeness (QED) is 0.844. The second-order valence-electron chi connectivity index (χ2n) is 5.67. The molecule has 1 aromatic carbocycles. The molecule has 0 N–H and O–H groups in total. The van der Waals surface area contributed by atoms with Crippen molar-refractivity contribution in [2.45, 2.75) is 26.4 Å². The first-order valence-corrected chi connectivity index (χ1v) is 7.60. The van der Waals surface area contributed by atoms with Gasteiger partial charge in [0, 0.05) is 38.4 Å². The summed E-state index contributed by atoms with van der Waals surface area (Å²) in [6, 6.07) is 7.92. The molecule has 0 amide bonds. The van der Waals surface area contributed by atoms with Gasteiger partial charge >= 0.3 is 5.69 Å². The van der Waals surface area contributed by atoms with E-state index in [0.717, 1.165) is 16.7 Å². The maximum Gasteiger partial charge on any atom is 0.330 e. The Morgan fingerprint density at radius 1 is 1.13 bits per heavy atom. The summed E-state index contributed by atoms with van der Waals surface area (Å²) in [5, 5.41) is 0. The molecule has 1 aromatic heterocycles. The van der Waals surface area contributed by atoms with Crippen molar-refractivity contribution in [3.05, 3.63) is 68.2 Å². The third-order valence-electron chi connectivity index (χ3n) is 4.30. The number of aromatic nitrogens is 2. The molecule has 2 aromatic rings. The van der Waals surface area contributed by atoms with E-state index in [-0.39, 0.29) is 23.1 Å². The van der Waals surface area contributed by atoms with E-state index >= 15 is 0 Å². The van der Waals surface area contributed by atoms with Crippen LogP contribution < -0.4 is 11.2 Å². The highest BCUT2D eigenvalue weighted by molar-refractivity contribution is 5.19. The summed E-state index contributed by atoms with van der Waals surface area (Å²) in [4.78, 5) is 26.0. The lowest BCUT2D eigenvalue weighted by Gasteiger charge is -2.28. The molecule has 1 heterocycles. The molecule has 0 fully saturated rings. The Balaban J connectivity index is 2.31. The van der Waals surface area contributed by atoms with Crippen LogP contribution in [0.15, 0.2) is 39.9 Å². The van der Waals surface area contributed by atoms with Crippen molar-refractivity contribution < 1.29 is 4.39 Å². The van der Waals surface area contributed by atoms with Gasteiger partial charge in [0.05, 0.1) is 0 Å². The van der Waals surface area contributed by atoms with E-state index in [4.69, 9.17) is 0 Å². The van der Waals surface area contributed by atoms with E-state index in [1.54, 1.807) is 19.2 Å². The Hall–Kier alpha value is -2.21. The zero-order chi connectivity index (χ0) is 17.1. The highest BCUT2D eigenvalue weighted by Gasteiger charge is 2.17. The summed E-state index contributed by atoms with van der Waals surface area (Å²) >= 11 is 0. The largest absolute Gasteiger partial charge is 0.330 e. The minimum absolute atomic E-state index is 0.0414. The van der Waals surface area contributed by atoms with Crippen LogP contribution in [0.2, 0.25) is 0 Å². The number of halogens is 1. The standard InChI is InChI=1S/C17H22FN3O2/c1-5-21(12(2)13-6-8-14(18)9-7-13)11-15-10-16(22)20(4)17(23)19(15)3/h6-10,12H,5,11H2,1-4H3/t12-/m0/s1. The third kappa shape index (κ3) is 3.59. The molecular formula is C17H22FN3O2. The van der Waals surface area contributed by atoms with Gasteiger partial charge in [0.15, 0.2) is 0 Å². The summed E-state index contributed by atoms with van der Waals surface area (Å²) in [5.41, 5.74) is 1.00. The molecule has 0 spiro atoms. The summed E-state index contributed by atoms with van der Waals surface area (Å²) in [7, 11) is 3.13. The van der Waals surface area contributed by atoms with Gasteiger partial charge < -0.3 is 0 Å². The second-order valence-corrected chi connectivity index (χ2v) is 5.67. The number of benzene rings is 1. The minimum atomic E-state index is -0.335. The average molecular weight is 319 g/mol. The van der Waals surface area contributed by atoms with Crippen LogP contribution in [-0.4, -0.2) is 20.6 Å². The Kier molecular flexibility index (Phi) is 5.15. The van der Waals surface area contributed by atoms with Crippen LogP contribution in [-0.2, 0) is 20.6 Å². The molecule has 5 nitrogen and oxygen atoms in total. The highest BCUT2D eigenvalue weighted by atomic mass is 19.1. The lowest BCUT2D eigenvalue weighted by Crippen LogP contribution is -2.39. The normalized spacial score (nSPS) is 12.6. The molecule has 0 aliphatic carbocycles. The number of hydrogen-bond acceptors (Lipinski definition) is 3. The number of nitrogens with zero attached hydrogens (tertiary/aromatic N) is 3. The molecule has 0 saturated carbocycles. The van der Waals surface area contributed by atoms with Gasteiger partial charge in [0.2, 0.25) is 0 Å². The Labute approximate surface area is 134 Å². The zero-order valence-electron chi connectivity index (χ0n) is 13.9. The van der Waals surface area contributed by atoms with Crippen molar-refractivity contribution in [2.24, 2.45) is 14.1 Å². The SMILES string of the molecule is CCN(Cc1cc(=O)n(C)c(=O)n1C)[C@@H](C)c1ccc(F)cc1. The van der Waals surface area contributed by atoms with Gasteiger partial charge in [-0.05, 0) is 31.2 Å². The molecule has 0 bridgehead atoms. The third-order valence-corrected chi connectivity index (χ3v) is 4.30. The lowest BCUT2D eigenvalue weighted by atomic mass is 10.1. The van der Waals surface area contributed by atoms with Crippen molar-refractivity contribution in [3.63, 3.8) is 0 Å². The van der Waals surface area contributed by atoms with Gasteiger partial charge in [-0.1, -0.05) is 19.1 Å². The highest BCUT2D eigenvalue weighted by Crippen LogP contribution is 2.21. The van der Waals surface area contributed by atoms with Crippen molar-refractivity contribution in [1.82, 2.24) is 14.0 Å². The van der Waals surface area contributed by atoms with Crippen LogP contribution in [0, 0.1) is 5.82 Å². The maximum atomic E-state index is 13.1. The van der Waals surface area contributed by atoms with Gasteiger partial charge in [0.1, 0.15) is 5.82 Å². The molecule has 124 valence electrons. The lowest BCUT2D eigenvalue weighted by molar-refractivity contribution is 0.207. The fourth-order valence-corrected chi connectivity index (χ4v) is 2.61. The van der Waals surface area contributed by atoms with Gasteiger partial charge in [-0.2, -0.15) is 0 Å². The molecule has 23 heavy (non-hydrogen) atoms. The van der Waals surface area contributed by atoms with Crippen molar-refractivity contribution in [1.29, 1.82) is 0 Å². The summed E-state index contributed by atoms with van der Waals surface area (Å²) in [6.07, 6.45) is 0. The monoisotopic (exact) mass is 319 g/mol. The molecule has 6 heteroatoms. The molecule has 2 rings (SSSR count). The molecular weight excluding hydrogens is 297 g/mol. The minimum Gasteiger partial charge on any atom is -0.299 e. The molecule has 0 aliphatic heterocycles. The number of rotatable bonds is 5. The predicted molar refractivity (Wildman–Crippen MR) is 87.8 cm³/mol. The fourth-order valence-electron chi connectivity index (χ4n) is 2.61. The van der Waals surface area contributed by atoms with Crippen LogP contribution in [0.5, 0.6) is 0 Å². The van der Waals surface area contributed by atoms with Crippen molar-refractivity contribution >= 4 is 0 Å². The molecule has 1 atom stereocenters. The Morgan fingerprint density at radius 2 is 1.74 bits per heavy atom. The molecule has 0 aliphatic rings. The van der Waals surface area contributed by atoms with E-state index in [2.05, 4.69) is 4.90 Å². The summed E-state index contributed by atoms with van der Waals surface area (Å²) in [5.74, 6) is -0.266. The van der Waals surface area contributed by atoms with Crippen LogP contribution in [0.25, 0.3) is 0 Å². The van der Waals surface area contributed by atoms with Crippen LogP contribution in [0.4, 0.5) is 4.39 Å². The summed E-state index contributed by atoms with van der Waals surface area (Å²) in [6.45, 7) is 5.24. The van der Waals surface area contributed by atoms with E-state index in [9.17, 15) is 14.0 Å². The Morgan fingerprint density at radius 3 is 2.30 bits per heavy atom. The first-order valence-electron chi connectivity index (χ1n) is 7.60. The van der Waals surface area contributed by atoms with Crippen LogP contribution >= 0.6 is 0 Å². The van der Waals surface area contributed by atoms with E-state index in [0.29, 0.717) is 12.2 Å². The van der Waals surface area contributed by atoms with Gasteiger partial charge in [-0.15, -0.1) is 0 Å². The van der Waals surface area contributed by atoms with Crippen LogP contribution in [0.3, 0.4) is 0 Å². The van der Waals surface area contributed by atoms with Crippen molar-refractivity contribution in [2.75, 3.05) is 6.54 Å². The maximum absolute atomic E-state index is 13.1. The van der Waals surface area contributed by atoms with E-state index in [1.807, 2.05) is 13.8 Å². The predicted octanol–water partition coefficient (Wildman–Crippen LogP) is 1.81. The van der Waals surface area contributed by atoms with Crippen LogP contribution in [0.1, 0.15) is 31.1 Å². The van der Waals surface area contributed by atoms with Crippen molar-refractivity contribution in [3.8, 4) is 0 Å². The van der Waals surface area contributed by atoms with Gasteiger partial charge in [-0.25, -0.2) is 9.18 Å². The smallest absolute Gasteiger partial charge is 0.299 e. The Bertz CT molecular complexity index is 793. The van der Waals surface area contributed by atoms with E-state index in [1.165, 1.54) is 29.8 Å². The first-order chi connectivity index (χ1) is 10.8. The molecule has 0 unspecified atom stereocenters. The summed E-state index contributed by atoms with van der Waals surface area (Å²) < 4.78 is 15.6.